The highest BCUT2D eigenvalue weighted by Gasteiger charge is 2.17. The molecule has 0 spiro atoms. The quantitative estimate of drug-likeness (QED) is 0.276. The van der Waals surface area contributed by atoms with Gasteiger partial charge in [0.05, 0.1) is 21.6 Å². The number of non-ortho nitro benzene ring substituents is 1. The number of nitro benzene ring substituents is 1. The predicted molar refractivity (Wildman–Crippen MR) is 113 cm³/mol. The van der Waals surface area contributed by atoms with Crippen molar-refractivity contribution in [2.75, 3.05) is 0 Å². The van der Waals surface area contributed by atoms with Gasteiger partial charge in [-0.1, -0.05) is 66.7 Å². The molecule has 0 aliphatic heterocycles. The molecule has 4 heteroatoms. The molecule has 4 nitrogen and oxygen atoms in total. The fourth-order valence-corrected chi connectivity index (χ4v) is 3.86. The van der Waals surface area contributed by atoms with Crippen LogP contribution < -0.4 is 0 Å². The van der Waals surface area contributed by atoms with Crippen LogP contribution in [0.15, 0.2) is 97.1 Å². The molecule has 0 fully saturated rings. The van der Waals surface area contributed by atoms with Crippen LogP contribution in [0.3, 0.4) is 0 Å². The van der Waals surface area contributed by atoms with Gasteiger partial charge < -0.3 is 4.57 Å². The van der Waals surface area contributed by atoms with Crippen LogP contribution in [-0.2, 0) is 0 Å². The maximum Gasteiger partial charge on any atom is 0.270 e. The molecule has 0 radical (unpaired) electrons. The SMILES string of the molecule is O=[N+]([O-])c1ccc2c(c1)c1ccccc1n2-c1ccccc1-c1ccccc1. The van der Waals surface area contributed by atoms with Crippen LogP contribution in [0, 0.1) is 10.1 Å². The largest absolute Gasteiger partial charge is 0.309 e. The van der Waals surface area contributed by atoms with Crippen molar-refractivity contribution in [1.29, 1.82) is 0 Å². The second-order valence-electron chi connectivity index (χ2n) is 6.69. The van der Waals surface area contributed by atoms with Crippen molar-refractivity contribution in [3.05, 3.63) is 107 Å². The van der Waals surface area contributed by atoms with Gasteiger partial charge in [0, 0.05) is 28.5 Å². The normalized spacial score (nSPS) is 11.1. The molecular weight excluding hydrogens is 348 g/mol. The summed E-state index contributed by atoms with van der Waals surface area (Å²) in [6, 6.07) is 31.6. The third kappa shape index (κ3) is 2.47. The number of fused-ring (bicyclic) bond motifs is 3. The van der Waals surface area contributed by atoms with Gasteiger partial charge in [-0.25, -0.2) is 0 Å². The maximum atomic E-state index is 11.3. The van der Waals surface area contributed by atoms with E-state index in [0.717, 1.165) is 38.6 Å². The van der Waals surface area contributed by atoms with Gasteiger partial charge in [0.25, 0.3) is 5.69 Å². The molecule has 0 aliphatic carbocycles. The number of nitro groups is 1. The molecule has 0 bridgehead atoms. The van der Waals surface area contributed by atoms with Crippen molar-refractivity contribution in [1.82, 2.24) is 4.57 Å². The Morgan fingerprint density at radius 3 is 2.18 bits per heavy atom. The van der Waals surface area contributed by atoms with E-state index in [1.807, 2.05) is 54.6 Å². The van der Waals surface area contributed by atoms with Gasteiger partial charge in [-0.2, -0.15) is 0 Å². The van der Waals surface area contributed by atoms with E-state index in [0.29, 0.717) is 0 Å². The smallest absolute Gasteiger partial charge is 0.270 e. The van der Waals surface area contributed by atoms with E-state index < -0.39 is 0 Å². The molecule has 28 heavy (non-hydrogen) atoms. The number of aromatic nitrogens is 1. The molecule has 1 aromatic heterocycles. The fraction of sp³-hybridized carbons (Fsp3) is 0. The zero-order valence-electron chi connectivity index (χ0n) is 14.9. The maximum absolute atomic E-state index is 11.3. The Morgan fingerprint density at radius 2 is 1.36 bits per heavy atom. The van der Waals surface area contributed by atoms with Crippen LogP contribution in [-0.4, -0.2) is 9.49 Å². The lowest BCUT2D eigenvalue weighted by molar-refractivity contribution is -0.384. The third-order valence-electron chi connectivity index (χ3n) is 5.10. The van der Waals surface area contributed by atoms with E-state index in [2.05, 4.69) is 34.9 Å². The monoisotopic (exact) mass is 364 g/mol. The van der Waals surface area contributed by atoms with Crippen LogP contribution in [0.1, 0.15) is 0 Å². The summed E-state index contributed by atoms with van der Waals surface area (Å²) in [6.07, 6.45) is 0. The molecule has 0 unspecified atom stereocenters. The Bertz CT molecular complexity index is 1340. The van der Waals surface area contributed by atoms with E-state index in [4.69, 9.17) is 0 Å². The molecular formula is C24H16N2O2. The average Bonchev–Trinajstić information content (AvgIpc) is 3.08. The number of benzene rings is 4. The predicted octanol–water partition coefficient (Wildman–Crippen LogP) is 6.36. The van der Waals surface area contributed by atoms with Crippen molar-refractivity contribution in [3.8, 4) is 16.8 Å². The zero-order valence-corrected chi connectivity index (χ0v) is 14.9. The summed E-state index contributed by atoms with van der Waals surface area (Å²) in [5, 5.41) is 13.2. The molecule has 134 valence electrons. The zero-order chi connectivity index (χ0) is 19.1. The summed E-state index contributed by atoms with van der Waals surface area (Å²) in [6.45, 7) is 0. The van der Waals surface area contributed by atoms with Gasteiger partial charge in [-0.05, 0) is 23.8 Å². The molecule has 0 atom stereocenters. The van der Waals surface area contributed by atoms with Gasteiger partial charge in [0.2, 0.25) is 0 Å². The molecule has 5 aromatic rings. The minimum Gasteiger partial charge on any atom is -0.309 e. The fourth-order valence-electron chi connectivity index (χ4n) is 3.86. The van der Waals surface area contributed by atoms with E-state index in [9.17, 15) is 10.1 Å². The summed E-state index contributed by atoms with van der Waals surface area (Å²) < 4.78 is 2.19. The second kappa shape index (κ2) is 6.35. The lowest BCUT2D eigenvalue weighted by Crippen LogP contribution is -1.97. The highest BCUT2D eigenvalue weighted by atomic mass is 16.6. The van der Waals surface area contributed by atoms with Gasteiger partial charge in [0.15, 0.2) is 0 Å². The van der Waals surface area contributed by atoms with E-state index in [1.165, 1.54) is 0 Å². The number of para-hydroxylation sites is 2. The summed E-state index contributed by atoms with van der Waals surface area (Å²) in [4.78, 5) is 11.0. The molecule has 5 rings (SSSR count). The van der Waals surface area contributed by atoms with E-state index in [-0.39, 0.29) is 10.6 Å². The second-order valence-corrected chi connectivity index (χ2v) is 6.69. The summed E-state index contributed by atoms with van der Waals surface area (Å²) in [5.74, 6) is 0. The lowest BCUT2D eigenvalue weighted by Gasteiger charge is -2.13. The number of hydrogen-bond acceptors (Lipinski definition) is 2. The van der Waals surface area contributed by atoms with Crippen molar-refractivity contribution in [2.24, 2.45) is 0 Å². The minimum atomic E-state index is -0.344. The molecule has 4 aromatic carbocycles. The van der Waals surface area contributed by atoms with E-state index >= 15 is 0 Å². The van der Waals surface area contributed by atoms with Gasteiger partial charge in [-0.15, -0.1) is 0 Å². The van der Waals surface area contributed by atoms with Crippen molar-refractivity contribution in [2.45, 2.75) is 0 Å². The van der Waals surface area contributed by atoms with Gasteiger partial charge >= 0.3 is 0 Å². The minimum absolute atomic E-state index is 0.103. The summed E-state index contributed by atoms with van der Waals surface area (Å²) in [7, 11) is 0. The highest BCUT2D eigenvalue weighted by Crippen LogP contribution is 2.37. The van der Waals surface area contributed by atoms with Crippen LogP contribution in [0.4, 0.5) is 5.69 Å². The molecule has 0 saturated heterocycles. The number of nitrogens with zero attached hydrogens (tertiary/aromatic N) is 2. The van der Waals surface area contributed by atoms with Crippen LogP contribution in [0.2, 0.25) is 0 Å². The van der Waals surface area contributed by atoms with Gasteiger partial charge in [0.1, 0.15) is 0 Å². The number of rotatable bonds is 3. The first-order chi connectivity index (χ1) is 13.7. The summed E-state index contributed by atoms with van der Waals surface area (Å²) >= 11 is 0. The van der Waals surface area contributed by atoms with Crippen LogP contribution >= 0.6 is 0 Å². The van der Waals surface area contributed by atoms with Crippen molar-refractivity contribution >= 4 is 27.5 Å². The Hall–Kier alpha value is -3.92. The third-order valence-corrected chi connectivity index (χ3v) is 5.10. The molecule has 0 amide bonds. The van der Waals surface area contributed by atoms with Crippen LogP contribution in [0.5, 0.6) is 0 Å². The standard InChI is InChI=1S/C24H16N2O2/c27-26(28)18-14-15-24-21(16-18)20-11-5-7-13-23(20)25(24)22-12-6-4-10-19(22)17-8-2-1-3-9-17/h1-16H. The Morgan fingerprint density at radius 1 is 0.679 bits per heavy atom. The first-order valence-electron chi connectivity index (χ1n) is 9.06. The number of hydrogen-bond donors (Lipinski definition) is 0. The molecule has 1 heterocycles. The Balaban J connectivity index is 1.89. The highest BCUT2D eigenvalue weighted by molar-refractivity contribution is 6.10. The van der Waals surface area contributed by atoms with Crippen LogP contribution in [0.25, 0.3) is 38.6 Å². The van der Waals surface area contributed by atoms with Crippen molar-refractivity contribution < 1.29 is 4.92 Å². The summed E-state index contributed by atoms with van der Waals surface area (Å²) in [5.41, 5.74) is 5.38. The molecule has 0 N–H and O–H groups in total. The topological polar surface area (TPSA) is 48.1 Å². The Kier molecular flexibility index (Phi) is 3.69. The van der Waals surface area contributed by atoms with Crippen molar-refractivity contribution in [3.63, 3.8) is 0 Å². The van der Waals surface area contributed by atoms with Gasteiger partial charge in [-0.3, -0.25) is 10.1 Å². The molecule has 0 saturated carbocycles. The van der Waals surface area contributed by atoms with E-state index in [1.54, 1.807) is 12.1 Å². The Labute approximate surface area is 161 Å². The first kappa shape index (κ1) is 16.3. The average molecular weight is 364 g/mol. The lowest BCUT2D eigenvalue weighted by atomic mass is 10.0. The first-order valence-corrected chi connectivity index (χ1v) is 9.06. The molecule has 0 aliphatic rings.